The van der Waals surface area contributed by atoms with Gasteiger partial charge in [0.05, 0.1) is 0 Å². The number of fused-ring (bicyclic) bond motifs is 1. The van der Waals surface area contributed by atoms with E-state index in [2.05, 4.69) is 44.5 Å². The molecule has 1 aliphatic heterocycles. The lowest BCUT2D eigenvalue weighted by Gasteiger charge is -2.30. The van der Waals surface area contributed by atoms with Gasteiger partial charge in [0.1, 0.15) is 6.61 Å². The van der Waals surface area contributed by atoms with Crippen molar-refractivity contribution in [1.82, 2.24) is 9.97 Å². The number of benzene rings is 2. The standard InChI is InChI=1S/C27H24N4O2/c32-27(30-26-25(6-3-14-29-26)33-19-20-11-15-28-16-12-20)22-7-9-24(10-8-22)31-17-13-21-4-1-2-5-23(21)18-31/h1-12,14-16H,13,17-19H2,(H,29,30,32). The van der Waals surface area contributed by atoms with Gasteiger partial charge >= 0.3 is 0 Å². The first-order valence-corrected chi connectivity index (χ1v) is 11.0. The van der Waals surface area contributed by atoms with Crippen LogP contribution < -0.4 is 15.0 Å². The van der Waals surface area contributed by atoms with Crippen molar-refractivity contribution in [3.8, 4) is 5.75 Å². The fraction of sp³-hybridized carbons (Fsp3) is 0.148. The van der Waals surface area contributed by atoms with Gasteiger partial charge in [0.15, 0.2) is 11.6 Å². The number of rotatable bonds is 6. The number of anilines is 2. The van der Waals surface area contributed by atoms with Crippen LogP contribution in [0.1, 0.15) is 27.0 Å². The van der Waals surface area contributed by atoms with E-state index < -0.39 is 0 Å². The molecule has 1 N–H and O–H groups in total. The lowest BCUT2D eigenvalue weighted by molar-refractivity contribution is 0.102. The predicted octanol–water partition coefficient (Wildman–Crippen LogP) is 4.87. The monoisotopic (exact) mass is 436 g/mol. The second kappa shape index (κ2) is 9.53. The maximum Gasteiger partial charge on any atom is 0.256 e. The molecule has 0 fully saturated rings. The normalized spacial score (nSPS) is 12.7. The Kier molecular flexibility index (Phi) is 5.97. The molecule has 0 atom stereocenters. The highest BCUT2D eigenvalue weighted by Crippen LogP contribution is 2.26. The lowest BCUT2D eigenvalue weighted by Crippen LogP contribution is -2.30. The number of pyridine rings is 2. The third-order valence-corrected chi connectivity index (χ3v) is 5.77. The summed E-state index contributed by atoms with van der Waals surface area (Å²) in [6.07, 6.45) is 6.10. The van der Waals surface area contributed by atoms with Crippen molar-refractivity contribution in [3.05, 3.63) is 114 Å². The molecule has 0 saturated carbocycles. The van der Waals surface area contributed by atoms with Crippen LogP contribution in [-0.4, -0.2) is 22.4 Å². The van der Waals surface area contributed by atoms with Gasteiger partial charge in [0.2, 0.25) is 0 Å². The van der Waals surface area contributed by atoms with Crippen molar-refractivity contribution in [2.24, 2.45) is 0 Å². The summed E-state index contributed by atoms with van der Waals surface area (Å²) < 4.78 is 5.88. The zero-order valence-electron chi connectivity index (χ0n) is 18.1. The maximum atomic E-state index is 12.9. The van der Waals surface area contributed by atoms with E-state index in [4.69, 9.17) is 4.74 Å². The fourth-order valence-corrected chi connectivity index (χ4v) is 3.96. The Labute approximate surface area is 192 Å². The van der Waals surface area contributed by atoms with Crippen molar-refractivity contribution >= 4 is 17.4 Å². The molecule has 0 bridgehead atoms. The molecule has 1 amide bonds. The Hall–Kier alpha value is -4.19. The smallest absolute Gasteiger partial charge is 0.256 e. The summed E-state index contributed by atoms with van der Waals surface area (Å²) in [5, 5.41) is 2.87. The summed E-state index contributed by atoms with van der Waals surface area (Å²) in [4.78, 5) is 23.5. The summed E-state index contributed by atoms with van der Waals surface area (Å²) in [5.74, 6) is 0.692. The number of amides is 1. The molecule has 6 nitrogen and oxygen atoms in total. The van der Waals surface area contributed by atoms with Gasteiger partial charge in [-0.05, 0) is 71.6 Å². The molecule has 5 rings (SSSR count). The lowest BCUT2D eigenvalue weighted by atomic mass is 9.99. The summed E-state index contributed by atoms with van der Waals surface area (Å²) in [7, 11) is 0. The van der Waals surface area contributed by atoms with E-state index in [0.29, 0.717) is 23.7 Å². The SMILES string of the molecule is O=C(Nc1ncccc1OCc1ccncc1)c1ccc(N2CCc3ccccc3C2)cc1. The molecule has 6 heteroatoms. The second-order valence-electron chi connectivity index (χ2n) is 7.94. The Balaban J connectivity index is 1.25. The van der Waals surface area contributed by atoms with E-state index in [-0.39, 0.29) is 5.91 Å². The predicted molar refractivity (Wildman–Crippen MR) is 128 cm³/mol. The minimum absolute atomic E-state index is 0.224. The van der Waals surface area contributed by atoms with Gasteiger partial charge in [0.25, 0.3) is 5.91 Å². The van der Waals surface area contributed by atoms with E-state index in [1.807, 2.05) is 36.4 Å². The van der Waals surface area contributed by atoms with E-state index in [0.717, 1.165) is 30.8 Å². The van der Waals surface area contributed by atoms with Crippen LogP contribution in [-0.2, 0) is 19.6 Å². The highest BCUT2D eigenvalue weighted by Gasteiger charge is 2.17. The number of hydrogen-bond acceptors (Lipinski definition) is 5. The largest absolute Gasteiger partial charge is 0.485 e. The van der Waals surface area contributed by atoms with Gasteiger partial charge in [-0.2, -0.15) is 0 Å². The molecule has 0 radical (unpaired) electrons. The average Bonchev–Trinajstić information content (AvgIpc) is 2.88. The van der Waals surface area contributed by atoms with Gasteiger partial charge in [-0.3, -0.25) is 9.78 Å². The molecule has 33 heavy (non-hydrogen) atoms. The third-order valence-electron chi connectivity index (χ3n) is 5.77. The molecule has 0 saturated heterocycles. The van der Waals surface area contributed by atoms with Crippen LogP contribution in [0.4, 0.5) is 11.5 Å². The second-order valence-corrected chi connectivity index (χ2v) is 7.94. The molecule has 2 aromatic heterocycles. The maximum absolute atomic E-state index is 12.9. The van der Waals surface area contributed by atoms with Crippen LogP contribution in [0.25, 0.3) is 0 Å². The van der Waals surface area contributed by atoms with Gasteiger partial charge < -0.3 is 15.0 Å². The number of hydrogen-bond donors (Lipinski definition) is 1. The quantitative estimate of drug-likeness (QED) is 0.467. The molecular formula is C27H24N4O2. The first-order valence-electron chi connectivity index (χ1n) is 11.0. The van der Waals surface area contributed by atoms with Crippen LogP contribution in [0, 0.1) is 0 Å². The Morgan fingerprint density at radius 1 is 0.909 bits per heavy atom. The first-order chi connectivity index (χ1) is 16.3. The van der Waals surface area contributed by atoms with Crippen molar-refractivity contribution < 1.29 is 9.53 Å². The van der Waals surface area contributed by atoms with Crippen LogP contribution in [0.15, 0.2) is 91.4 Å². The minimum Gasteiger partial charge on any atom is -0.485 e. The molecule has 2 aromatic carbocycles. The molecule has 1 aliphatic rings. The van der Waals surface area contributed by atoms with Crippen LogP contribution in [0.5, 0.6) is 5.75 Å². The zero-order chi connectivity index (χ0) is 22.5. The van der Waals surface area contributed by atoms with Crippen LogP contribution in [0.3, 0.4) is 0 Å². The van der Waals surface area contributed by atoms with Crippen molar-refractivity contribution in [2.45, 2.75) is 19.6 Å². The summed E-state index contributed by atoms with van der Waals surface area (Å²) in [6.45, 7) is 2.22. The van der Waals surface area contributed by atoms with Crippen molar-refractivity contribution in [1.29, 1.82) is 0 Å². The van der Waals surface area contributed by atoms with Gasteiger partial charge in [0, 0.05) is 42.9 Å². The van der Waals surface area contributed by atoms with Crippen molar-refractivity contribution in [2.75, 3.05) is 16.8 Å². The molecular weight excluding hydrogens is 412 g/mol. The van der Waals surface area contributed by atoms with Gasteiger partial charge in [-0.1, -0.05) is 24.3 Å². The summed E-state index contributed by atoms with van der Waals surface area (Å²) in [5.41, 5.74) is 5.45. The third kappa shape index (κ3) is 4.85. The summed E-state index contributed by atoms with van der Waals surface area (Å²) >= 11 is 0. The summed E-state index contributed by atoms with van der Waals surface area (Å²) in [6, 6.07) is 23.6. The van der Waals surface area contributed by atoms with Crippen LogP contribution in [0.2, 0.25) is 0 Å². The minimum atomic E-state index is -0.224. The van der Waals surface area contributed by atoms with E-state index in [1.54, 1.807) is 30.7 Å². The molecule has 164 valence electrons. The Bertz CT molecular complexity index is 1240. The molecule has 0 unspecified atom stereocenters. The topological polar surface area (TPSA) is 67.3 Å². The number of ether oxygens (including phenoxy) is 1. The molecule has 0 aliphatic carbocycles. The van der Waals surface area contributed by atoms with E-state index in [1.165, 1.54) is 11.1 Å². The zero-order valence-corrected chi connectivity index (χ0v) is 18.1. The number of carbonyl (C=O) groups is 1. The van der Waals surface area contributed by atoms with Gasteiger partial charge in [-0.15, -0.1) is 0 Å². The highest BCUT2D eigenvalue weighted by atomic mass is 16.5. The number of nitrogens with one attached hydrogen (secondary N) is 1. The van der Waals surface area contributed by atoms with E-state index >= 15 is 0 Å². The van der Waals surface area contributed by atoms with Crippen molar-refractivity contribution in [3.63, 3.8) is 0 Å². The van der Waals surface area contributed by atoms with Gasteiger partial charge in [-0.25, -0.2) is 4.98 Å². The molecule has 4 aromatic rings. The highest BCUT2D eigenvalue weighted by molar-refractivity contribution is 6.04. The molecule has 0 spiro atoms. The number of aromatic nitrogens is 2. The average molecular weight is 437 g/mol. The Morgan fingerprint density at radius 3 is 2.52 bits per heavy atom. The number of carbonyl (C=O) groups excluding carboxylic acids is 1. The van der Waals surface area contributed by atoms with E-state index in [9.17, 15) is 4.79 Å². The molecule has 3 heterocycles. The first kappa shape index (κ1) is 20.7. The Morgan fingerprint density at radius 2 is 1.70 bits per heavy atom. The van der Waals surface area contributed by atoms with Crippen LogP contribution >= 0.6 is 0 Å². The number of nitrogens with zero attached hydrogens (tertiary/aromatic N) is 3. The fourth-order valence-electron chi connectivity index (χ4n) is 3.96.